The van der Waals surface area contributed by atoms with Gasteiger partial charge in [-0.1, -0.05) is 0 Å². The van der Waals surface area contributed by atoms with Gasteiger partial charge in [-0.25, -0.2) is 0 Å². The van der Waals surface area contributed by atoms with E-state index in [1.165, 1.54) is 0 Å². The number of rotatable bonds is 2. The maximum atomic E-state index is 11.2. The molecular formula is C6H4N6O6. The van der Waals surface area contributed by atoms with Crippen molar-refractivity contribution in [3.05, 3.63) is 25.4 Å². The average molecular weight is 256 g/mol. The number of hydrogen-bond acceptors (Lipinski definition) is 9. The maximum Gasteiger partial charge on any atom is 0.354 e. The molecule has 1 heterocycles. The predicted molar refractivity (Wildman–Crippen MR) is 55.1 cm³/mol. The normalized spacial score (nSPS) is 10.7. The summed E-state index contributed by atoms with van der Waals surface area (Å²) in [5.74, 6) is 0. The van der Waals surface area contributed by atoms with Crippen molar-refractivity contribution in [2.75, 3.05) is 11.5 Å². The molecule has 0 fully saturated rings. The number of fused-ring (bicyclic) bond motifs is 1. The highest BCUT2D eigenvalue weighted by atomic mass is 16.8. The van der Waals surface area contributed by atoms with Crippen LogP contribution in [0.5, 0.6) is 0 Å². The van der Waals surface area contributed by atoms with Gasteiger partial charge < -0.3 is 16.7 Å². The van der Waals surface area contributed by atoms with Gasteiger partial charge >= 0.3 is 16.9 Å². The SMILES string of the molecule is Nc1c([N+](=O)[O-])c(N)c2no[n+]([O-])c2c1[N+](=O)[O-]. The second-order valence-electron chi connectivity index (χ2n) is 3.17. The minimum absolute atomic E-state index is 0.288. The minimum atomic E-state index is -1.05. The second kappa shape index (κ2) is 3.41. The summed E-state index contributed by atoms with van der Waals surface area (Å²) < 4.78 is 4.12. The molecule has 0 amide bonds. The Morgan fingerprint density at radius 2 is 1.67 bits per heavy atom. The number of benzene rings is 1. The molecule has 1 aromatic carbocycles. The van der Waals surface area contributed by atoms with Crippen LogP contribution in [0.15, 0.2) is 4.63 Å². The Bertz CT molecular complexity index is 692. The van der Waals surface area contributed by atoms with E-state index < -0.39 is 43.6 Å². The fourth-order valence-electron chi connectivity index (χ4n) is 1.50. The van der Waals surface area contributed by atoms with Crippen molar-refractivity contribution in [2.45, 2.75) is 0 Å². The summed E-state index contributed by atoms with van der Waals surface area (Å²) in [6, 6.07) is 0. The third-order valence-corrected chi connectivity index (χ3v) is 2.22. The van der Waals surface area contributed by atoms with Gasteiger partial charge in [0.2, 0.25) is 0 Å². The van der Waals surface area contributed by atoms with Gasteiger partial charge in [-0.05, 0) is 4.90 Å². The average Bonchev–Trinajstić information content (AvgIpc) is 2.60. The summed E-state index contributed by atoms with van der Waals surface area (Å²) in [7, 11) is 0. The van der Waals surface area contributed by atoms with Crippen LogP contribution >= 0.6 is 0 Å². The summed E-state index contributed by atoms with van der Waals surface area (Å²) >= 11 is 0. The third-order valence-electron chi connectivity index (χ3n) is 2.22. The van der Waals surface area contributed by atoms with E-state index in [1.807, 2.05) is 0 Å². The standard InChI is InChI=1S/C6H4N6O6/c7-1-3-6(12(17)18-9-3)5(11(15)16)2(8)4(1)10(13)14/h7-8H2. The van der Waals surface area contributed by atoms with Crippen molar-refractivity contribution in [3.8, 4) is 0 Å². The summed E-state index contributed by atoms with van der Waals surface area (Å²) in [4.78, 5) is 19.2. The Kier molecular flexibility index (Phi) is 2.14. The third kappa shape index (κ3) is 1.25. The highest BCUT2D eigenvalue weighted by molar-refractivity contribution is 6.03. The molecule has 0 atom stereocenters. The molecule has 0 bridgehead atoms. The Hall–Kier alpha value is -3.18. The number of nitro groups is 2. The molecule has 0 radical (unpaired) electrons. The number of nitrogen functional groups attached to an aromatic ring is 2. The summed E-state index contributed by atoms with van der Waals surface area (Å²) in [6.07, 6.45) is 0. The number of nitrogens with two attached hydrogens (primary N) is 2. The molecule has 18 heavy (non-hydrogen) atoms. The monoisotopic (exact) mass is 256 g/mol. The highest BCUT2D eigenvalue weighted by Gasteiger charge is 2.38. The van der Waals surface area contributed by atoms with Crippen LogP contribution < -0.4 is 16.4 Å². The first-order valence-corrected chi connectivity index (χ1v) is 4.25. The highest BCUT2D eigenvalue weighted by Crippen LogP contribution is 2.42. The zero-order valence-corrected chi connectivity index (χ0v) is 8.39. The smallest absolute Gasteiger partial charge is 0.354 e. The topological polar surface area (TPSA) is 191 Å². The van der Waals surface area contributed by atoms with Gasteiger partial charge in [-0.15, -0.1) is 0 Å². The zero-order valence-electron chi connectivity index (χ0n) is 8.39. The van der Waals surface area contributed by atoms with Gasteiger partial charge in [0.15, 0.2) is 11.4 Å². The lowest BCUT2D eigenvalue weighted by atomic mass is 10.1. The quantitative estimate of drug-likeness (QED) is 0.306. The van der Waals surface area contributed by atoms with Crippen LogP contribution in [0.25, 0.3) is 11.0 Å². The van der Waals surface area contributed by atoms with Gasteiger partial charge in [-0.3, -0.25) is 24.9 Å². The van der Waals surface area contributed by atoms with Crippen molar-refractivity contribution in [1.82, 2.24) is 5.16 Å². The van der Waals surface area contributed by atoms with Crippen LogP contribution in [0.2, 0.25) is 0 Å². The molecule has 1 aromatic heterocycles. The van der Waals surface area contributed by atoms with E-state index in [2.05, 4.69) is 9.79 Å². The van der Waals surface area contributed by atoms with E-state index >= 15 is 0 Å². The molecule has 0 aliphatic heterocycles. The first kappa shape index (κ1) is 11.3. The van der Waals surface area contributed by atoms with Gasteiger partial charge in [-0.2, -0.15) is 0 Å². The van der Waals surface area contributed by atoms with Crippen molar-refractivity contribution >= 4 is 33.8 Å². The molecule has 0 unspecified atom stereocenters. The maximum absolute atomic E-state index is 11.2. The second-order valence-corrected chi connectivity index (χ2v) is 3.17. The lowest BCUT2D eigenvalue weighted by Gasteiger charge is -2.00. The predicted octanol–water partition coefficient (Wildman–Crippen LogP) is -0.558. The Morgan fingerprint density at radius 3 is 2.17 bits per heavy atom. The number of hydrogen-bond donors (Lipinski definition) is 2. The largest absolute Gasteiger partial charge is 0.389 e. The summed E-state index contributed by atoms with van der Waals surface area (Å²) in [5, 5.41) is 35.9. The fourth-order valence-corrected chi connectivity index (χ4v) is 1.50. The number of anilines is 2. The number of nitro benzene ring substituents is 2. The van der Waals surface area contributed by atoms with E-state index in [0.29, 0.717) is 0 Å². The lowest BCUT2D eigenvalue weighted by molar-refractivity contribution is -0.783. The van der Waals surface area contributed by atoms with E-state index in [1.54, 1.807) is 0 Å². The van der Waals surface area contributed by atoms with Gasteiger partial charge in [0.25, 0.3) is 5.52 Å². The van der Waals surface area contributed by atoms with Crippen LogP contribution in [-0.2, 0) is 0 Å². The van der Waals surface area contributed by atoms with Crippen molar-refractivity contribution in [1.29, 1.82) is 0 Å². The summed E-state index contributed by atoms with van der Waals surface area (Å²) in [5.41, 5.74) is 6.27. The van der Waals surface area contributed by atoms with Crippen LogP contribution in [-0.4, -0.2) is 15.0 Å². The molecule has 2 rings (SSSR count). The number of nitrogens with zero attached hydrogens (tertiary/aromatic N) is 4. The van der Waals surface area contributed by atoms with Gasteiger partial charge in [0, 0.05) is 5.16 Å². The zero-order chi connectivity index (χ0) is 13.6. The molecule has 12 nitrogen and oxygen atoms in total. The summed E-state index contributed by atoms with van der Waals surface area (Å²) in [6.45, 7) is 0. The molecule has 0 saturated carbocycles. The number of aromatic nitrogens is 2. The van der Waals surface area contributed by atoms with E-state index in [-0.39, 0.29) is 4.90 Å². The van der Waals surface area contributed by atoms with Crippen molar-refractivity contribution in [2.24, 2.45) is 0 Å². The van der Waals surface area contributed by atoms with Gasteiger partial charge in [0.05, 0.1) is 9.85 Å². The molecule has 94 valence electrons. The van der Waals surface area contributed by atoms with Crippen LogP contribution in [0.4, 0.5) is 22.7 Å². The van der Waals surface area contributed by atoms with Crippen LogP contribution in [0, 0.1) is 25.4 Å². The van der Waals surface area contributed by atoms with Crippen molar-refractivity contribution in [3.63, 3.8) is 0 Å². The van der Waals surface area contributed by atoms with Crippen molar-refractivity contribution < 1.29 is 19.4 Å². The first-order chi connectivity index (χ1) is 8.36. The molecule has 2 aromatic rings. The Morgan fingerprint density at radius 1 is 1.11 bits per heavy atom. The van der Waals surface area contributed by atoms with Crippen LogP contribution in [0.3, 0.4) is 0 Å². The molecule has 12 heteroatoms. The Labute approximate surface area is 96.2 Å². The molecule has 0 aliphatic rings. The lowest BCUT2D eigenvalue weighted by Crippen LogP contribution is -2.24. The first-order valence-electron chi connectivity index (χ1n) is 4.25. The molecule has 0 spiro atoms. The molecule has 0 saturated heterocycles. The molecule has 0 aliphatic carbocycles. The Balaban J connectivity index is 3.08. The molecular weight excluding hydrogens is 252 g/mol. The van der Waals surface area contributed by atoms with E-state index in [4.69, 9.17) is 11.5 Å². The van der Waals surface area contributed by atoms with E-state index in [0.717, 1.165) is 0 Å². The van der Waals surface area contributed by atoms with Gasteiger partial charge in [0.1, 0.15) is 0 Å². The molecule has 4 N–H and O–H groups in total. The fraction of sp³-hybridized carbons (Fsp3) is 0. The minimum Gasteiger partial charge on any atom is -0.389 e. The van der Waals surface area contributed by atoms with Crippen LogP contribution in [0.1, 0.15) is 0 Å². The van der Waals surface area contributed by atoms with E-state index in [9.17, 15) is 25.4 Å².